The van der Waals surface area contributed by atoms with E-state index >= 15 is 0 Å². The van der Waals surface area contributed by atoms with E-state index in [2.05, 4.69) is 10.3 Å². The van der Waals surface area contributed by atoms with Crippen LogP contribution in [0.2, 0.25) is 0 Å². The number of ether oxygens (including phenoxy) is 3. The van der Waals surface area contributed by atoms with Crippen LogP contribution in [-0.4, -0.2) is 43.3 Å². The average Bonchev–Trinajstić information content (AvgIpc) is 2.66. The van der Waals surface area contributed by atoms with Gasteiger partial charge >= 0.3 is 5.97 Å². The number of benzene rings is 1. The molecular formula is C18H20N2O6. The topological polar surface area (TPSA) is 107 Å². The largest absolute Gasteiger partial charge is 0.493 e. The number of nitrogens with one attached hydrogen (secondary N) is 1. The lowest BCUT2D eigenvalue weighted by molar-refractivity contribution is -0.137. The van der Waals surface area contributed by atoms with Crippen LogP contribution in [0.4, 0.5) is 0 Å². The summed E-state index contributed by atoms with van der Waals surface area (Å²) in [4.78, 5) is 27.6. The van der Waals surface area contributed by atoms with Crippen molar-refractivity contribution < 1.29 is 28.9 Å². The van der Waals surface area contributed by atoms with Crippen molar-refractivity contribution >= 4 is 11.9 Å². The van der Waals surface area contributed by atoms with Crippen molar-refractivity contribution in [3.05, 3.63) is 47.7 Å². The summed E-state index contributed by atoms with van der Waals surface area (Å²) < 4.78 is 15.4. The van der Waals surface area contributed by atoms with Crippen LogP contribution in [0, 0.1) is 0 Å². The Labute approximate surface area is 150 Å². The van der Waals surface area contributed by atoms with Gasteiger partial charge in [0.2, 0.25) is 5.88 Å². The SMILES string of the molecule is COc1ccc(C(=O)NC(CC(=O)O)c2ccc(OC)c(OC)c2)cn1. The zero-order chi connectivity index (χ0) is 19.1. The lowest BCUT2D eigenvalue weighted by Gasteiger charge is -2.19. The first-order valence-corrected chi connectivity index (χ1v) is 7.73. The number of methoxy groups -OCH3 is 3. The summed E-state index contributed by atoms with van der Waals surface area (Å²) in [6.07, 6.45) is 1.07. The summed E-state index contributed by atoms with van der Waals surface area (Å²) >= 11 is 0. The Kier molecular flexibility index (Phi) is 6.37. The van der Waals surface area contributed by atoms with Gasteiger partial charge in [-0.15, -0.1) is 0 Å². The van der Waals surface area contributed by atoms with Gasteiger partial charge in [-0.1, -0.05) is 6.07 Å². The first kappa shape index (κ1) is 19.0. The molecule has 2 N–H and O–H groups in total. The fraction of sp³-hybridized carbons (Fsp3) is 0.278. The van der Waals surface area contributed by atoms with Gasteiger partial charge in [0.25, 0.3) is 5.91 Å². The number of aromatic nitrogens is 1. The maximum Gasteiger partial charge on any atom is 0.305 e. The molecule has 1 aromatic heterocycles. The van der Waals surface area contributed by atoms with Gasteiger partial charge in [-0.3, -0.25) is 9.59 Å². The van der Waals surface area contributed by atoms with Crippen LogP contribution >= 0.6 is 0 Å². The van der Waals surface area contributed by atoms with Gasteiger partial charge in [-0.05, 0) is 23.8 Å². The first-order valence-electron chi connectivity index (χ1n) is 7.73. The molecule has 2 rings (SSSR count). The zero-order valence-corrected chi connectivity index (χ0v) is 14.7. The summed E-state index contributed by atoms with van der Waals surface area (Å²) in [5.74, 6) is -0.153. The van der Waals surface area contributed by atoms with E-state index in [4.69, 9.17) is 14.2 Å². The molecule has 0 aliphatic rings. The molecule has 0 bridgehead atoms. The third kappa shape index (κ3) is 4.62. The van der Waals surface area contributed by atoms with E-state index in [1.807, 2.05) is 0 Å². The molecule has 0 fully saturated rings. The first-order chi connectivity index (χ1) is 12.5. The Morgan fingerprint density at radius 3 is 2.35 bits per heavy atom. The maximum absolute atomic E-state index is 12.4. The lowest BCUT2D eigenvalue weighted by atomic mass is 10.0. The minimum absolute atomic E-state index is 0.287. The second kappa shape index (κ2) is 8.70. The Morgan fingerprint density at radius 1 is 1.08 bits per heavy atom. The van der Waals surface area contributed by atoms with Gasteiger partial charge in [0.05, 0.1) is 39.4 Å². The molecule has 0 saturated heterocycles. The van der Waals surface area contributed by atoms with Crippen LogP contribution in [0.3, 0.4) is 0 Å². The number of carboxylic acid groups (broad SMARTS) is 1. The Bertz CT molecular complexity index is 776. The smallest absolute Gasteiger partial charge is 0.305 e. The molecule has 1 heterocycles. The third-order valence-electron chi connectivity index (χ3n) is 3.70. The van der Waals surface area contributed by atoms with Crippen LogP contribution in [0.1, 0.15) is 28.4 Å². The van der Waals surface area contributed by atoms with E-state index in [1.165, 1.54) is 27.5 Å². The second-order valence-corrected chi connectivity index (χ2v) is 5.33. The quantitative estimate of drug-likeness (QED) is 0.742. The van der Waals surface area contributed by atoms with Crippen LogP contribution in [0.15, 0.2) is 36.5 Å². The van der Waals surface area contributed by atoms with E-state index in [0.717, 1.165) is 0 Å². The number of carboxylic acids is 1. The monoisotopic (exact) mass is 360 g/mol. The lowest BCUT2D eigenvalue weighted by Crippen LogP contribution is -2.30. The number of rotatable bonds is 8. The Morgan fingerprint density at radius 2 is 1.81 bits per heavy atom. The number of amides is 1. The predicted octanol–water partition coefficient (Wildman–Crippen LogP) is 2.05. The van der Waals surface area contributed by atoms with Crippen LogP contribution in [-0.2, 0) is 4.79 Å². The molecule has 2 aromatic rings. The summed E-state index contributed by atoms with van der Waals surface area (Å²) in [5.41, 5.74) is 0.876. The molecule has 26 heavy (non-hydrogen) atoms. The van der Waals surface area contributed by atoms with Gasteiger partial charge < -0.3 is 24.6 Å². The van der Waals surface area contributed by atoms with Crippen molar-refractivity contribution in [2.75, 3.05) is 21.3 Å². The molecule has 0 aliphatic heterocycles. The highest BCUT2D eigenvalue weighted by molar-refractivity contribution is 5.94. The molecule has 0 saturated carbocycles. The van der Waals surface area contributed by atoms with Crippen molar-refractivity contribution in [1.82, 2.24) is 10.3 Å². The molecule has 0 spiro atoms. The number of carbonyl (C=O) groups excluding carboxylic acids is 1. The van der Waals surface area contributed by atoms with Crippen molar-refractivity contribution in [2.24, 2.45) is 0 Å². The Balaban J connectivity index is 2.26. The molecule has 8 heteroatoms. The molecular weight excluding hydrogens is 340 g/mol. The summed E-state index contributed by atoms with van der Waals surface area (Å²) in [6.45, 7) is 0. The fourth-order valence-electron chi connectivity index (χ4n) is 2.37. The van der Waals surface area contributed by atoms with Crippen molar-refractivity contribution in [1.29, 1.82) is 0 Å². The summed E-state index contributed by atoms with van der Waals surface area (Å²) in [6, 6.07) is 7.33. The minimum atomic E-state index is -1.04. The van der Waals surface area contributed by atoms with Crippen molar-refractivity contribution in [3.63, 3.8) is 0 Å². The maximum atomic E-state index is 12.4. The summed E-state index contributed by atoms with van der Waals surface area (Å²) in [7, 11) is 4.46. The van der Waals surface area contributed by atoms with E-state index < -0.39 is 17.9 Å². The highest BCUT2D eigenvalue weighted by Crippen LogP contribution is 2.31. The minimum Gasteiger partial charge on any atom is -0.493 e. The highest BCUT2D eigenvalue weighted by atomic mass is 16.5. The van der Waals surface area contributed by atoms with Crippen LogP contribution < -0.4 is 19.5 Å². The van der Waals surface area contributed by atoms with E-state index in [-0.39, 0.29) is 6.42 Å². The number of carbonyl (C=O) groups is 2. The van der Waals surface area contributed by atoms with Gasteiger partial charge in [0.1, 0.15) is 0 Å². The fourth-order valence-corrected chi connectivity index (χ4v) is 2.37. The molecule has 138 valence electrons. The van der Waals surface area contributed by atoms with Crippen LogP contribution in [0.25, 0.3) is 0 Å². The van der Waals surface area contributed by atoms with Crippen LogP contribution in [0.5, 0.6) is 17.4 Å². The number of hydrogen-bond acceptors (Lipinski definition) is 6. The second-order valence-electron chi connectivity index (χ2n) is 5.33. The normalized spacial score (nSPS) is 11.3. The molecule has 1 atom stereocenters. The third-order valence-corrected chi connectivity index (χ3v) is 3.70. The van der Waals surface area contributed by atoms with Gasteiger partial charge in [-0.2, -0.15) is 0 Å². The van der Waals surface area contributed by atoms with E-state index in [0.29, 0.717) is 28.5 Å². The van der Waals surface area contributed by atoms with Crippen molar-refractivity contribution in [2.45, 2.75) is 12.5 Å². The zero-order valence-electron chi connectivity index (χ0n) is 14.7. The highest BCUT2D eigenvalue weighted by Gasteiger charge is 2.21. The molecule has 8 nitrogen and oxygen atoms in total. The van der Waals surface area contributed by atoms with Gasteiger partial charge in [0, 0.05) is 12.3 Å². The average molecular weight is 360 g/mol. The Hall–Kier alpha value is -3.29. The van der Waals surface area contributed by atoms with Crippen molar-refractivity contribution in [3.8, 4) is 17.4 Å². The molecule has 0 aliphatic carbocycles. The molecule has 1 amide bonds. The predicted molar refractivity (Wildman–Crippen MR) is 92.8 cm³/mol. The number of nitrogens with zero attached hydrogens (tertiary/aromatic N) is 1. The van der Waals surface area contributed by atoms with Gasteiger partial charge in [0.15, 0.2) is 11.5 Å². The van der Waals surface area contributed by atoms with E-state index in [1.54, 1.807) is 30.3 Å². The van der Waals surface area contributed by atoms with Gasteiger partial charge in [-0.25, -0.2) is 4.98 Å². The molecule has 1 aromatic carbocycles. The standard InChI is InChI=1S/C18H20N2O6/c1-24-14-6-4-11(8-15(14)25-2)13(9-17(21)22)20-18(23)12-5-7-16(26-3)19-10-12/h4-8,10,13H,9H2,1-3H3,(H,20,23)(H,21,22). The molecule has 1 unspecified atom stereocenters. The molecule has 0 radical (unpaired) electrons. The number of aliphatic carboxylic acids is 1. The number of hydrogen-bond donors (Lipinski definition) is 2. The van der Waals surface area contributed by atoms with E-state index in [9.17, 15) is 14.7 Å². The number of pyridine rings is 1. The summed E-state index contributed by atoms with van der Waals surface area (Å²) in [5, 5.41) is 11.9.